The highest BCUT2D eigenvalue weighted by molar-refractivity contribution is 5.12. The van der Waals surface area contributed by atoms with E-state index in [0.29, 0.717) is 5.76 Å². The topological polar surface area (TPSA) is 33.4 Å². The lowest BCUT2D eigenvalue weighted by molar-refractivity contribution is 0.247. The van der Waals surface area contributed by atoms with Crippen LogP contribution in [0.2, 0.25) is 0 Å². The first-order valence-corrected chi connectivity index (χ1v) is 4.04. The van der Waals surface area contributed by atoms with Crippen molar-refractivity contribution in [3.63, 3.8) is 0 Å². The summed E-state index contributed by atoms with van der Waals surface area (Å²) in [6, 6.07) is 1.91. The summed E-state index contributed by atoms with van der Waals surface area (Å²) in [4.78, 5) is 0. The second kappa shape index (κ2) is 4.19. The molecular weight excluding hydrogens is 140 g/mol. The Kier molecular flexibility index (Phi) is 3.17. The van der Waals surface area contributed by atoms with Crippen LogP contribution >= 0.6 is 0 Å². The van der Waals surface area contributed by atoms with Crippen molar-refractivity contribution in [3.8, 4) is 0 Å². The Morgan fingerprint density at radius 2 is 2.36 bits per heavy atom. The molecule has 0 amide bonds. The van der Waals surface area contributed by atoms with Crippen LogP contribution in [0.15, 0.2) is 16.7 Å². The van der Waals surface area contributed by atoms with Crippen LogP contribution in [0.25, 0.3) is 0 Å². The Balaban J connectivity index is 2.44. The summed E-state index contributed by atoms with van der Waals surface area (Å²) in [5, 5.41) is 8.68. The molecule has 0 aliphatic heterocycles. The summed E-state index contributed by atoms with van der Waals surface area (Å²) in [6.45, 7) is 2.17. The van der Waals surface area contributed by atoms with E-state index in [1.807, 2.05) is 6.07 Å². The van der Waals surface area contributed by atoms with E-state index in [2.05, 4.69) is 6.92 Å². The standard InChI is InChI=1S/C9H14O2/c1-2-3-4-8-5-9(6-10)11-7-8/h5,7,10H,2-4,6H2,1H3. The zero-order chi connectivity index (χ0) is 8.10. The van der Waals surface area contributed by atoms with Gasteiger partial charge in [-0.15, -0.1) is 0 Å². The van der Waals surface area contributed by atoms with Gasteiger partial charge in [0, 0.05) is 0 Å². The summed E-state index contributed by atoms with van der Waals surface area (Å²) in [6.07, 6.45) is 5.16. The monoisotopic (exact) mass is 154 g/mol. The van der Waals surface area contributed by atoms with Crippen LogP contribution < -0.4 is 0 Å². The average Bonchev–Trinajstić information content (AvgIpc) is 2.48. The highest BCUT2D eigenvalue weighted by Crippen LogP contribution is 2.10. The molecule has 0 saturated heterocycles. The highest BCUT2D eigenvalue weighted by atomic mass is 16.4. The van der Waals surface area contributed by atoms with Gasteiger partial charge in [-0.3, -0.25) is 0 Å². The summed E-state index contributed by atoms with van der Waals surface area (Å²) in [7, 11) is 0. The van der Waals surface area contributed by atoms with E-state index in [1.165, 1.54) is 18.4 Å². The molecule has 0 aromatic carbocycles. The molecule has 0 radical (unpaired) electrons. The lowest BCUT2D eigenvalue weighted by atomic mass is 10.1. The van der Waals surface area contributed by atoms with Crippen LogP contribution in [0.5, 0.6) is 0 Å². The van der Waals surface area contributed by atoms with Gasteiger partial charge >= 0.3 is 0 Å². The molecule has 1 aromatic heterocycles. The maximum absolute atomic E-state index is 8.68. The normalized spacial score (nSPS) is 10.4. The fourth-order valence-corrected chi connectivity index (χ4v) is 1.02. The number of aliphatic hydroxyl groups excluding tert-OH is 1. The van der Waals surface area contributed by atoms with E-state index in [-0.39, 0.29) is 6.61 Å². The molecule has 11 heavy (non-hydrogen) atoms. The number of rotatable bonds is 4. The minimum absolute atomic E-state index is 0.00608. The molecule has 62 valence electrons. The van der Waals surface area contributed by atoms with Gasteiger partial charge in [0.1, 0.15) is 12.4 Å². The lowest BCUT2D eigenvalue weighted by Gasteiger charge is -1.90. The number of aryl methyl sites for hydroxylation is 1. The van der Waals surface area contributed by atoms with Gasteiger partial charge < -0.3 is 9.52 Å². The average molecular weight is 154 g/mol. The second-order valence-electron chi connectivity index (χ2n) is 2.68. The number of unbranched alkanes of at least 4 members (excludes halogenated alkanes) is 1. The Labute approximate surface area is 66.8 Å². The molecule has 0 saturated carbocycles. The molecule has 0 aliphatic rings. The Bertz CT molecular complexity index is 203. The zero-order valence-electron chi connectivity index (χ0n) is 6.84. The number of hydrogen-bond acceptors (Lipinski definition) is 2. The maximum atomic E-state index is 8.68. The molecular formula is C9H14O2. The fourth-order valence-electron chi connectivity index (χ4n) is 1.02. The molecule has 0 aliphatic carbocycles. The van der Waals surface area contributed by atoms with E-state index in [4.69, 9.17) is 9.52 Å². The van der Waals surface area contributed by atoms with E-state index >= 15 is 0 Å². The SMILES string of the molecule is CCCCc1coc(CO)c1. The Morgan fingerprint density at radius 1 is 1.55 bits per heavy atom. The molecule has 0 spiro atoms. The predicted molar refractivity (Wildman–Crippen MR) is 43.2 cm³/mol. The maximum Gasteiger partial charge on any atom is 0.129 e. The molecule has 1 rings (SSSR count). The van der Waals surface area contributed by atoms with Crippen LogP contribution in [0.4, 0.5) is 0 Å². The first-order chi connectivity index (χ1) is 5.36. The Morgan fingerprint density at radius 3 is 2.91 bits per heavy atom. The summed E-state index contributed by atoms with van der Waals surface area (Å²) in [5.41, 5.74) is 1.19. The Hall–Kier alpha value is -0.760. The van der Waals surface area contributed by atoms with Crippen molar-refractivity contribution in [3.05, 3.63) is 23.7 Å². The number of hydrogen-bond donors (Lipinski definition) is 1. The van der Waals surface area contributed by atoms with Crippen LogP contribution in [0.1, 0.15) is 31.1 Å². The molecule has 0 fully saturated rings. The van der Waals surface area contributed by atoms with Crippen molar-refractivity contribution in [1.82, 2.24) is 0 Å². The van der Waals surface area contributed by atoms with Crippen molar-refractivity contribution >= 4 is 0 Å². The van der Waals surface area contributed by atoms with Crippen molar-refractivity contribution < 1.29 is 9.52 Å². The van der Waals surface area contributed by atoms with Crippen molar-refractivity contribution in [1.29, 1.82) is 0 Å². The van der Waals surface area contributed by atoms with Gasteiger partial charge in [0.2, 0.25) is 0 Å². The summed E-state index contributed by atoms with van der Waals surface area (Å²) < 4.78 is 5.06. The molecule has 1 aromatic rings. The van der Waals surface area contributed by atoms with Crippen molar-refractivity contribution in [2.45, 2.75) is 32.8 Å². The van der Waals surface area contributed by atoms with E-state index < -0.39 is 0 Å². The molecule has 0 unspecified atom stereocenters. The quantitative estimate of drug-likeness (QED) is 0.720. The molecule has 1 N–H and O–H groups in total. The van der Waals surface area contributed by atoms with Gasteiger partial charge in [0.15, 0.2) is 0 Å². The fraction of sp³-hybridized carbons (Fsp3) is 0.556. The lowest BCUT2D eigenvalue weighted by Crippen LogP contribution is -1.80. The van der Waals surface area contributed by atoms with Crippen molar-refractivity contribution in [2.75, 3.05) is 0 Å². The first kappa shape index (κ1) is 8.34. The molecule has 0 atom stereocenters. The van der Waals surface area contributed by atoms with Gasteiger partial charge in [-0.1, -0.05) is 13.3 Å². The zero-order valence-corrected chi connectivity index (χ0v) is 6.84. The minimum Gasteiger partial charge on any atom is -0.467 e. The molecule has 2 nitrogen and oxygen atoms in total. The smallest absolute Gasteiger partial charge is 0.129 e. The number of aliphatic hydroxyl groups is 1. The third-order valence-electron chi connectivity index (χ3n) is 1.68. The summed E-state index contributed by atoms with van der Waals surface area (Å²) in [5.74, 6) is 0.663. The van der Waals surface area contributed by atoms with E-state index in [0.717, 1.165) is 6.42 Å². The minimum atomic E-state index is 0.00608. The van der Waals surface area contributed by atoms with Gasteiger partial charge in [-0.25, -0.2) is 0 Å². The van der Waals surface area contributed by atoms with Gasteiger partial charge in [-0.05, 0) is 24.5 Å². The van der Waals surface area contributed by atoms with E-state index in [1.54, 1.807) is 6.26 Å². The molecule has 2 heteroatoms. The van der Waals surface area contributed by atoms with Gasteiger partial charge in [0.25, 0.3) is 0 Å². The number of furan rings is 1. The van der Waals surface area contributed by atoms with E-state index in [9.17, 15) is 0 Å². The first-order valence-electron chi connectivity index (χ1n) is 4.04. The third kappa shape index (κ3) is 2.39. The largest absolute Gasteiger partial charge is 0.467 e. The highest BCUT2D eigenvalue weighted by Gasteiger charge is 1.98. The van der Waals surface area contributed by atoms with Crippen LogP contribution in [0, 0.1) is 0 Å². The van der Waals surface area contributed by atoms with Gasteiger partial charge in [0.05, 0.1) is 6.26 Å². The molecule has 0 bridgehead atoms. The van der Waals surface area contributed by atoms with Crippen LogP contribution in [-0.2, 0) is 13.0 Å². The van der Waals surface area contributed by atoms with Crippen LogP contribution in [0.3, 0.4) is 0 Å². The second-order valence-corrected chi connectivity index (χ2v) is 2.68. The third-order valence-corrected chi connectivity index (χ3v) is 1.68. The van der Waals surface area contributed by atoms with Crippen molar-refractivity contribution in [2.24, 2.45) is 0 Å². The van der Waals surface area contributed by atoms with Gasteiger partial charge in [-0.2, -0.15) is 0 Å². The predicted octanol–water partition coefficient (Wildman–Crippen LogP) is 2.11. The van der Waals surface area contributed by atoms with Crippen LogP contribution in [-0.4, -0.2) is 5.11 Å². The molecule has 1 heterocycles. The summed E-state index contributed by atoms with van der Waals surface area (Å²) >= 11 is 0.